The molecule has 208 valence electrons. The first-order chi connectivity index (χ1) is 19.4. The molecule has 4 rings (SSSR count). The number of Topliss-reactive ketones (excluding diaryl/α,β-unsaturated/α-hetero) is 1. The molecule has 0 aliphatic rings. The van der Waals surface area contributed by atoms with Gasteiger partial charge in [-0.15, -0.1) is 0 Å². The summed E-state index contributed by atoms with van der Waals surface area (Å²) < 4.78 is 6.31. The average Bonchev–Trinajstić information content (AvgIpc) is 2.95. The Morgan fingerprint density at radius 1 is 0.750 bits per heavy atom. The molecule has 4 nitrogen and oxygen atoms in total. The maximum Gasteiger partial charge on any atom is 0.146 e. The number of ether oxygens (including phenoxy) is 1. The van der Waals surface area contributed by atoms with Crippen molar-refractivity contribution in [2.24, 2.45) is 5.73 Å². The Labute approximate surface area is 239 Å². The zero-order valence-electron chi connectivity index (χ0n) is 24.1. The molecule has 40 heavy (non-hydrogen) atoms. The van der Waals surface area contributed by atoms with Crippen LogP contribution in [0.4, 0.5) is 0 Å². The van der Waals surface area contributed by atoms with Gasteiger partial charge >= 0.3 is 0 Å². The zero-order valence-corrected chi connectivity index (χ0v) is 24.1. The topological polar surface area (TPSA) is 55.6 Å². The van der Waals surface area contributed by atoms with E-state index in [4.69, 9.17) is 10.5 Å². The lowest BCUT2D eigenvalue weighted by atomic mass is 9.98. The standard InChI is InChI=1S/C36H42N2O2/c1-27-10-8-12-30(22-27)18-19-32-14-4-5-15-33(32)24-38(21-20-35(37)29(3)39)25-34-16-6-7-17-36(34)40-26-31-13-9-11-28(2)23-31/h4-17,22-23,35H,18-21,24-26,37H2,1-3H3. The first-order valence-corrected chi connectivity index (χ1v) is 14.2. The first-order valence-electron chi connectivity index (χ1n) is 14.2. The number of rotatable bonds is 14. The highest BCUT2D eigenvalue weighted by Gasteiger charge is 2.16. The summed E-state index contributed by atoms with van der Waals surface area (Å²) in [6, 6.07) is 33.7. The zero-order chi connectivity index (χ0) is 28.3. The number of ketones is 1. The molecular weight excluding hydrogens is 492 g/mol. The molecule has 0 aliphatic carbocycles. The lowest BCUT2D eigenvalue weighted by Crippen LogP contribution is -2.34. The Morgan fingerprint density at radius 2 is 1.35 bits per heavy atom. The monoisotopic (exact) mass is 534 g/mol. The van der Waals surface area contributed by atoms with E-state index >= 15 is 0 Å². The minimum atomic E-state index is -0.452. The van der Waals surface area contributed by atoms with Gasteiger partial charge in [-0.25, -0.2) is 0 Å². The number of nitrogens with two attached hydrogens (primary N) is 1. The average molecular weight is 535 g/mol. The summed E-state index contributed by atoms with van der Waals surface area (Å²) in [5, 5.41) is 0. The third-order valence-corrected chi connectivity index (χ3v) is 7.40. The van der Waals surface area contributed by atoms with E-state index in [9.17, 15) is 4.79 Å². The van der Waals surface area contributed by atoms with Crippen LogP contribution in [0, 0.1) is 13.8 Å². The van der Waals surface area contributed by atoms with Crippen LogP contribution >= 0.6 is 0 Å². The maximum absolute atomic E-state index is 11.9. The Kier molecular flexibility index (Phi) is 10.7. The summed E-state index contributed by atoms with van der Waals surface area (Å²) in [6.45, 7) is 8.55. The van der Waals surface area contributed by atoms with Crippen LogP contribution in [0.3, 0.4) is 0 Å². The van der Waals surface area contributed by atoms with Gasteiger partial charge in [0.05, 0.1) is 6.04 Å². The van der Waals surface area contributed by atoms with E-state index in [-0.39, 0.29) is 5.78 Å². The summed E-state index contributed by atoms with van der Waals surface area (Å²) in [4.78, 5) is 14.3. The van der Waals surface area contributed by atoms with Crippen LogP contribution in [0.5, 0.6) is 5.75 Å². The highest BCUT2D eigenvalue weighted by atomic mass is 16.5. The number of para-hydroxylation sites is 1. The molecular formula is C36H42N2O2. The quantitative estimate of drug-likeness (QED) is 0.190. The van der Waals surface area contributed by atoms with Gasteiger partial charge in [0.25, 0.3) is 0 Å². The van der Waals surface area contributed by atoms with Crippen LogP contribution in [0.25, 0.3) is 0 Å². The molecule has 0 amide bonds. The van der Waals surface area contributed by atoms with Crippen LogP contribution in [-0.4, -0.2) is 23.3 Å². The largest absolute Gasteiger partial charge is 0.489 e. The van der Waals surface area contributed by atoms with Gasteiger partial charge in [0.15, 0.2) is 0 Å². The van der Waals surface area contributed by atoms with Crippen molar-refractivity contribution in [2.75, 3.05) is 6.54 Å². The van der Waals surface area contributed by atoms with E-state index in [1.165, 1.54) is 27.8 Å². The molecule has 0 saturated carbocycles. The van der Waals surface area contributed by atoms with Gasteiger partial charge in [-0.1, -0.05) is 102 Å². The van der Waals surface area contributed by atoms with Gasteiger partial charge in [-0.2, -0.15) is 0 Å². The van der Waals surface area contributed by atoms with Crippen molar-refractivity contribution >= 4 is 5.78 Å². The minimum absolute atomic E-state index is 0.0281. The Morgan fingerprint density at radius 3 is 2.05 bits per heavy atom. The fraction of sp³-hybridized carbons (Fsp3) is 0.306. The summed E-state index contributed by atoms with van der Waals surface area (Å²) in [7, 11) is 0. The van der Waals surface area contributed by atoms with Crippen LogP contribution in [-0.2, 0) is 37.3 Å². The molecule has 1 unspecified atom stereocenters. The fourth-order valence-corrected chi connectivity index (χ4v) is 5.06. The number of carbonyl (C=O) groups excluding carboxylic acids is 1. The summed E-state index contributed by atoms with van der Waals surface area (Å²) >= 11 is 0. The minimum Gasteiger partial charge on any atom is -0.489 e. The van der Waals surface area contributed by atoms with Crippen LogP contribution < -0.4 is 10.5 Å². The van der Waals surface area contributed by atoms with E-state index in [2.05, 4.69) is 104 Å². The number of hydrogen-bond acceptors (Lipinski definition) is 4. The highest BCUT2D eigenvalue weighted by Crippen LogP contribution is 2.24. The van der Waals surface area contributed by atoms with Gasteiger partial charge in [-0.05, 0) is 68.4 Å². The van der Waals surface area contributed by atoms with E-state index in [0.29, 0.717) is 19.6 Å². The highest BCUT2D eigenvalue weighted by molar-refractivity contribution is 5.81. The van der Waals surface area contributed by atoms with Crippen molar-refractivity contribution in [1.29, 1.82) is 0 Å². The molecule has 0 bridgehead atoms. The first kappa shape index (κ1) is 29.3. The lowest BCUT2D eigenvalue weighted by Gasteiger charge is -2.26. The van der Waals surface area contributed by atoms with E-state index in [1.54, 1.807) is 6.92 Å². The van der Waals surface area contributed by atoms with Gasteiger partial charge in [0.2, 0.25) is 0 Å². The number of carbonyl (C=O) groups is 1. The van der Waals surface area contributed by atoms with Gasteiger partial charge < -0.3 is 10.5 Å². The van der Waals surface area contributed by atoms with E-state index in [1.807, 2.05) is 12.1 Å². The fourth-order valence-electron chi connectivity index (χ4n) is 5.06. The molecule has 0 spiro atoms. The second kappa shape index (κ2) is 14.6. The molecule has 4 aromatic rings. The molecule has 2 N–H and O–H groups in total. The predicted octanol–water partition coefficient (Wildman–Crippen LogP) is 6.98. The number of benzene rings is 4. The van der Waals surface area contributed by atoms with Gasteiger partial charge in [0, 0.05) is 25.2 Å². The molecule has 0 heterocycles. The van der Waals surface area contributed by atoms with Crippen LogP contribution in [0.2, 0.25) is 0 Å². The molecule has 0 saturated heterocycles. The molecule has 0 aromatic heterocycles. The van der Waals surface area contributed by atoms with Gasteiger partial charge in [-0.3, -0.25) is 9.69 Å². The smallest absolute Gasteiger partial charge is 0.146 e. The second-order valence-corrected chi connectivity index (χ2v) is 10.9. The van der Waals surface area contributed by atoms with Gasteiger partial charge in [0.1, 0.15) is 18.1 Å². The third kappa shape index (κ3) is 8.90. The molecule has 1 atom stereocenters. The SMILES string of the molecule is CC(=O)C(N)CCN(Cc1ccccc1CCc1cccc(C)c1)Cc1ccccc1OCc1cccc(C)c1. The van der Waals surface area contributed by atoms with E-state index in [0.717, 1.165) is 42.8 Å². The molecule has 0 aliphatic heterocycles. The molecule has 0 fully saturated rings. The predicted molar refractivity (Wildman–Crippen MR) is 164 cm³/mol. The van der Waals surface area contributed by atoms with Crippen molar-refractivity contribution in [3.05, 3.63) is 136 Å². The van der Waals surface area contributed by atoms with Crippen LogP contribution in [0.15, 0.2) is 97.1 Å². The molecule has 4 aromatic carbocycles. The van der Waals surface area contributed by atoms with Crippen molar-refractivity contribution in [3.8, 4) is 5.75 Å². The number of nitrogens with zero attached hydrogens (tertiary/aromatic N) is 1. The maximum atomic E-state index is 11.9. The number of aryl methyl sites for hydroxylation is 4. The van der Waals surface area contributed by atoms with Crippen molar-refractivity contribution in [2.45, 2.75) is 65.8 Å². The summed E-state index contributed by atoms with van der Waals surface area (Å²) in [6.07, 6.45) is 2.60. The normalized spacial score (nSPS) is 11.9. The van der Waals surface area contributed by atoms with Crippen LogP contribution in [0.1, 0.15) is 52.3 Å². The lowest BCUT2D eigenvalue weighted by molar-refractivity contribution is -0.118. The number of hydrogen-bond donors (Lipinski definition) is 1. The summed E-state index contributed by atoms with van der Waals surface area (Å²) in [5.74, 6) is 0.915. The Bertz CT molecular complexity index is 1300. The third-order valence-electron chi connectivity index (χ3n) is 7.40. The van der Waals surface area contributed by atoms with Crippen molar-refractivity contribution in [3.63, 3.8) is 0 Å². The molecule has 0 radical (unpaired) electrons. The Hall–Kier alpha value is -3.73. The molecule has 4 heteroatoms. The summed E-state index contributed by atoms with van der Waals surface area (Å²) in [5.41, 5.74) is 15.0. The van der Waals surface area contributed by atoms with Crippen molar-refractivity contribution < 1.29 is 9.53 Å². The second-order valence-electron chi connectivity index (χ2n) is 10.9. The van der Waals surface area contributed by atoms with Crippen molar-refractivity contribution in [1.82, 2.24) is 4.90 Å². The van der Waals surface area contributed by atoms with E-state index < -0.39 is 6.04 Å². The Balaban J connectivity index is 1.51.